The highest BCUT2D eigenvalue weighted by atomic mass is 19.1. The van der Waals surface area contributed by atoms with Gasteiger partial charge in [0.25, 0.3) is 0 Å². The number of rotatable bonds is 4. The van der Waals surface area contributed by atoms with E-state index in [2.05, 4.69) is 21.3 Å². The Morgan fingerprint density at radius 1 is 1.12 bits per heavy atom. The zero-order valence-corrected chi connectivity index (χ0v) is 14.3. The number of nitrogens with one attached hydrogen (secondary N) is 4. The third-order valence-electron chi connectivity index (χ3n) is 4.31. The minimum atomic E-state index is -0.907. The maximum atomic E-state index is 13.8. The minimum Gasteiger partial charge on any atom is -0.347 e. The highest BCUT2D eigenvalue weighted by Gasteiger charge is 2.39. The number of nitriles is 1. The van der Waals surface area contributed by atoms with E-state index in [0.29, 0.717) is 5.56 Å². The Morgan fingerprint density at radius 2 is 1.88 bits per heavy atom. The number of hydrogen-bond acceptors (Lipinski definition) is 6. The van der Waals surface area contributed by atoms with Crippen LogP contribution in [0.3, 0.4) is 0 Å². The summed E-state index contributed by atoms with van der Waals surface area (Å²) in [6, 6.07) is 12.0. The average molecular weight is 341 g/mol. The summed E-state index contributed by atoms with van der Waals surface area (Å²) < 4.78 is 19.8. The number of benzene rings is 2. The highest BCUT2D eigenvalue weighted by molar-refractivity contribution is 5.71. The summed E-state index contributed by atoms with van der Waals surface area (Å²) in [7, 11) is 5.38. The first-order valence-electron chi connectivity index (χ1n) is 7.90. The molecule has 25 heavy (non-hydrogen) atoms. The molecule has 2 aromatic rings. The second kappa shape index (κ2) is 6.78. The first kappa shape index (κ1) is 17.3. The van der Waals surface area contributed by atoms with Gasteiger partial charge in [0, 0.05) is 11.3 Å². The third kappa shape index (κ3) is 3.08. The molecule has 0 saturated carbocycles. The Hall–Kier alpha value is -2.50. The van der Waals surface area contributed by atoms with Gasteiger partial charge >= 0.3 is 0 Å². The van der Waals surface area contributed by atoms with Crippen LogP contribution in [0.4, 0.5) is 10.1 Å². The topological polar surface area (TPSA) is 81.1 Å². The van der Waals surface area contributed by atoms with Gasteiger partial charge in [0.2, 0.25) is 5.85 Å². The average Bonchev–Trinajstić information content (AvgIpc) is 2.66. The lowest BCUT2D eigenvalue weighted by Crippen LogP contribution is -2.60. The van der Waals surface area contributed by atoms with Crippen molar-refractivity contribution in [2.24, 2.45) is 0 Å². The lowest BCUT2D eigenvalue weighted by Gasteiger charge is -2.42. The molecule has 3 rings (SSSR count). The van der Waals surface area contributed by atoms with Gasteiger partial charge in [-0.1, -0.05) is 6.07 Å². The summed E-state index contributed by atoms with van der Waals surface area (Å²) in [4.78, 5) is 0. The van der Waals surface area contributed by atoms with Crippen molar-refractivity contribution >= 4 is 5.69 Å². The van der Waals surface area contributed by atoms with Crippen LogP contribution in [0.15, 0.2) is 36.4 Å². The fourth-order valence-corrected chi connectivity index (χ4v) is 3.02. The molecule has 2 aromatic carbocycles. The predicted octanol–water partition coefficient (Wildman–Crippen LogP) is 1.86. The largest absolute Gasteiger partial charge is 0.347 e. The standard InChI is InChI=1S/C18H20FN5O/c1-21-17-24-16-5-4-12(9-15(16)18(22-2,23-3)25-17)13-6-11(10-20)7-14(19)8-13/h4-9,17,21-24H,1-3H3. The first-order valence-corrected chi connectivity index (χ1v) is 7.90. The lowest BCUT2D eigenvalue weighted by atomic mass is 9.97. The normalized spacial score (nSPS) is 18.1. The molecule has 4 N–H and O–H groups in total. The summed E-state index contributed by atoms with van der Waals surface area (Å²) in [6.45, 7) is 0. The molecule has 0 aromatic heterocycles. The number of hydrogen-bond donors (Lipinski definition) is 4. The van der Waals surface area contributed by atoms with E-state index in [9.17, 15) is 4.39 Å². The molecule has 0 spiro atoms. The van der Waals surface area contributed by atoms with E-state index in [-0.39, 0.29) is 11.9 Å². The molecule has 0 radical (unpaired) electrons. The monoisotopic (exact) mass is 341 g/mol. The molecule has 1 aliphatic heterocycles. The maximum absolute atomic E-state index is 13.8. The van der Waals surface area contributed by atoms with Crippen molar-refractivity contribution in [3.8, 4) is 17.2 Å². The Kier molecular flexibility index (Phi) is 4.70. The van der Waals surface area contributed by atoms with E-state index in [4.69, 9.17) is 10.00 Å². The van der Waals surface area contributed by atoms with Gasteiger partial charge in [-0.3, -0.25) is 16.0 Å². The number of nitrogens with zero attached hydrogens (tertiary/aromatic N) is 1. The maximum Gasteiger partial charge on any atom is 0.207 e. The zero-order valence-electron chi connectivity index (χ0n) is 14.3. The van der Waals surface area contributed by atoms with Gasteiger partial charge in [-0.2, -0.15) is 5.26 Å². The van der Waals surface area contributed by atoms with Crippen molar-refractivity contribution in [1.82, 2.24) is 16.0 Å². The predicted molar refractivity (Wildman–Crippen MR) is 93.9 cm³/mol. The highest BCUT2D eigenvalue weighted by Crippen LogP contribution is 2.36. The van der Waals surface area contributed by atoms with E-state index < -0.39 is 11.7 Å². The quantitative estimate of drug-likeness (QED) is 0.636. The number of anilines is 1. The fraction of sp³-hybridized carbons (Fsp3) is 0.278. The molecular weight excluding hydrogens is 321 g/mol. The SMILES string of the molecule is CNC1Nc2ccc(-c3cc(F)cc(C#N)c3)cc2C(NC)(NC)O1. The summed E-state index contributed by atoms with van der Waals surface area (Å²) in [5.74, 6) is -1.35. The van der Waals surface area contributed by atoms with E-state index in [1.807, 2.05) is 24.3 Å². The molecule has 0 amide bonds. The molecule has 6 nitrogen and oxygen atoms in total. The summed E-state index contributed by atoms with van der Waals surface area (Å²) in [5, 5.41) is 21.7. The van der Waals surface area contributed by atoms with Crippen LogP contribution < -0.4 is 21.3 Å². The molecule has 7 heteroatoms. The summed E-state index contributed by atoms with van der Waals surface area (Å²) in [5.41, 5.74) is 3.43. The summed E-state index contributed by atoms with van der Waals surface area (Å²) in [6.07, 6.45) is -0.377. The van der Waals surface area contributed by atoms with Crippen molar-refractivity contribution in [2.45, 2.75) is 12.2 Å². The molecule has 0 aliphatic carbocycles. The molecule has 130 valence electrons. The molecule has 0 saturated heterocycles. The molecule has 1 aliphatic rings. The van der Waals surface area contributed by atoms with Crippen LogP contribution in [0.2, 0.25) is 0 Å². The van der Waals surface area contributed by atoms with E-state index in [0.717, 1.165) is 16.8 Å². The first-order chi connectivity index (χ1) is 12.0. The van der Waals surface area contributed by atoms with Gasteiger partial charge in [0.05, 0.1) is 11.6 Å². The van der Waals surface area contributed by atoms with E-state index in [1.54, 1.807) is 27.2 Å². The van der Waals surface area contributed by atoms with Crippen molar-refractivity contribution < 1.29 is 9.13 Å². The Labute approximate surface area is 146 Å². The Balaban J connectivity index is 2.13. The fourth-order valence-electron chi connectivity index (χ4n) is 3.02. The molecule has 0 fully saturated rings. The second-order valence-corrected chi connectivity index (χ2v) is 5.71. The zero-order chi connectivity index (χ0) is 18.0. The Morgan fingerprint density at radius 3 is 2.52 bits per heavy atom. The smallest absolute Gasteiger partial charge is 0.207 e. The van der Waals surface area contributed by atoms with Gasteiger partial charge in [0.1, 0.15) is 5.82 Å². The van der Waals surface area contributed by atoms with Gasteiger partial charge in [0.15, 0.2) is 6.35 Å². The van der Waals surface area contributed by atoms with Crippen molar-refractivity contribution in [2.75, 3.05) is 26.5 Å². The van der Waals surface area contributed by atoms with E-state index >= 15 is 0 Å². The van der Waals surface area contributed by atoms with Crippen LogP contribution in [-0.4, -0.2) is 27.5 Å². The second-order valence-electron chi connectivity index (χ2n) is 5.71. The Bertz CT molecular complexity index is 829. The number of halogens is 1. The molecule has 0 bridgehead atoms. The van der Waals surface area contributed by atoms with Crippen molar-refractivity contribution in [1.29, 1.82) is 5.26 Å². The van der Waals surface area contributed by atoms with E-state index in [1.165, 1.54) is 12.1 Å². The minimum absolute atomic E-state index is 0.283. The molecule has 1 unspecified atom stereocenters. The summed E-state index contributed by atoms with van der Waals surface area (Å²) >= 11 is 0. The third-order valence-corrected chi connectivity index (χ3v) is 4.31. The van der Waals surface area contributed by atoms with Crippen LogP contribution in [0, 0.1) is 17.1 Å². The van der Waals surface area contributed by atoms with Gasteiger partial charge < -0.3 is 10.1 Å². The van der Waals surface area contributed by atoms with Gasteiger partial charge in [-0.25, -0.2) is 4.39 Å². The lowest BCUT2D eigenvalue weighted by molar-refractivity contribution is -0.141. The van der Waals surface area contributed by atoms with Crippen LogP contribution in [0.25, 0.3) is 11.1 Å². The number of fused-ring (bicyclic) bond motifs is 1. The van der Waals surface area contributed by atoms with Crippen LogP contribution >= 0.6 is 0 Å². The van der Waals surface area contributed by atoms with Crippen LogP contribution in [0.5, 0.6) is 0 Å². The van der Waals surface area contributed by atoms with Crippen LogP contribution in [-0.2, 0) is 10.6 Å². The molecule has 1 heterocycles. The van der Waals surface area contributed by atoms with Crippen molar-refractivity contribution in [3.63, 3.8) is 0 Å². The van der Waals surface area contributed by atoms with Gasteiger partial charge in [-0.05, 0) is 62.6 Å². The molecule has 1 atom stereocenters. The number of ether oxygens (including phenoxy) is 1. The van der Waals surface area contributed by atoms with Gasteiger partial charge in [-0.15, -0.1) is 0 Å². The molecular formula is C18H20FN5O. The van der Waals surface area contributed by atoms with Crippen LogP contribution in [0.1, 0.15) is 11.1 Å². The van der Waals surface area contributed by atoms with Crippen molar-refractivity contribution in [3.05, 3.63) is 53.3 Å².